The lowest BCUT2D eigenvalue weighted by molar-refractivity contribution is 0.102. The Morgan fingerprint density at radius 1 is 1.36 bits per heavy atom. The van der Waals surface area contributed by atoms with Crippen molar-refractivity contribution in [2.45, 2.75) is 19.1 Å². The van der Waals surface area contributed by atoms with Gasteiger partial charge in [-0.05, 0) is 32.0 Å². The maximum absolute atomic E-state index is 13.7. The van der Waals surface area contributed by atoms with Crippen molar-refractivity contribution < 1.29 is 18.3 Å². The molecule has 0 aliphatic rings. The number of hydrogen-bond acceptors (Lipinski definition) is 8. The van der Waals surface area contributed by atoms with E-state index in [1.165, 1.54) is 30.6 Å². The maximum atomic E-state index is 13.7. The number of rotatable bonds is 6. The molecule has 0 atom stereocenters. The number of methoxy groups -OCH3 is 1. The topological polar surface area (TPSA) is 78.1 Å². The van der Waals surface area contributed by atoms with E-state index in [1.54, 1.807) is 0 Å². The molecule has 3 aromatic rings. The van der Waals surface area contributed by atoms with Gasteiger partial charge in [0.2, 0.25) is 0 Å². The lowest BCUT2D eigenvalue weighted by Gasteiger charge is -2.03. The van der Waals surface area contributed by atoms with E-state index in [4.69, 9.17) is 9.15 Å². The molecule has 1 aromatic carbocycles. The Morgan fingerprint density at radius 2 is 2.16 bits per heavy atom. The normalized spacial score (nSPS) is 10.9. The van der Waals surface area contributed by atoms with Crippen molar-refractivity contribution in [2.75, 3.05) is 12.9 Å². The molecule has 9 heteroatoms. The molecule has 130 valence electrons. The van der Waals surface area contributed by atoms with Crippen molar-refractivity contribution in [1.82, 2.24) is 15.2 Å². The van der Waals surface area contributed by atoms with Gasteiger partial charge in [-0.1, -0.05) is 11.8 Å². The number of thioether (sulfide) groups is 1. The van der Waals surface area contributed by atoms with Crippen molar-refractivity contribution in [3.05, 3.63) is 40.3 Å². The number of hydrogen-bond donors (Lipinski definition) is 0. The maximum Gasteiger partial charge on any atom is 0.277 e. The van der Waals surface area contributed by atoms with Crippen LogP contribution in [0, 0.1) is 19.7 Å². The van der Waals surface area contributed by atoms with Crippen molar-refractivity contribution in [1.29, 1.82) is 0 Å². The number of ether oxygens (including phenoxy) is 1. The number of aryl methyl sites for hydroxylation is 2. The molecule has 0 aliphatic heterocycles. The van der Waals surface area contributed by atoms with Crippen LogP contribution in [0.3, 0.4) is 0 Å². The SMILES string of the molecule is COc1ccc(C(=O)CSc2nnc(-c3sc(C)nc3C)o2)cc1F. The molecule has 0 radical (unpaired) electrons. The summed E-state index contributed by atoms with van der Waals surface area (Å²) in [6.07, 6.45) is 0. The van der Waals surface area contributed by atoms with E-state index in [0.29, 0.717) is 5.89 Å². The number of halogens is 1. The monoisotopic (exact) mass is 379 g/mol. The third-order valence-electron chi connectivity index (χ3n) is 3.30. The van der Waals surface area contributed by atoms with Gasteiger partial charge in [0.1, 0.15) is 4.88 Å². The molecule has 0 bridgehead atoms. The fourth-order valence-corrected chi connectivity index (χ4v) is 3.64. The second kappa shape index (κ2) is 7.32. The highest BCUT2D eigenvalue weighted by atomic mass is 32.2. The van der Waals surface area contributed by atoms with E-state index in [0.717, 1.165) is 33.4 Å². The first kappa shape index (κ1) is 17.6. The zero-order chi connectivity index (χ0) is 18.0. The predicted molar refractivity (Wildman–Crippen MR) is 92.9 cm³/mol. The summed E-state index contributed by atoms with van der Waals surface area (Å²) >= 11 is 2.58. The minimum atomic E-state index is -0.575. The molecule has 25 heavy (non-hydrogen) atoms. The van der Waals surface area contributed by atoms with E-state index < -0.39 is 5.82 Å². The Morgan fingerprint density at radius 3 is 2.80 bits per heavy atom. The summed E-state index contributed by atoms with van der Waals surface area (Å²) in [4.78, 5) is 17.3. The zero-order valence-electron chi connectivity index (χ0n) is 13.7. The van der Waals surface area contributed by atoms with E-state index in [2.05, 4.69) is 15.2 Å². The van der Waals surface area contributed by atoms with Crippen LogP contribution in [-0.2, 0) is 0 Å². The lowest BCUT2D eigenvalue weighted by atomic mass is 10.1. The van der Waals surface area contributed by atoms with Crippen LogP contribution in [0.1, 0.15) is 21.1 Å². The second-order valence-electron chi connectivity index (χ2n) is 5.08. The van der Waals surface area contributed by atoms with Crippen LogP contribution >= 0.6 is 23.1 Å². The highest BCUT2D eigenvalue weighted by Gasteiger charge is 2.17. The Balaban J connectivity index is 1.67. The number of carbonyl (C=O) groups is 1. The Hall–Kier alpha value is -2.26. The standard InChI is InChI=1S/C16H14FN3O3S2/c1-8-14(25-9(2)18-8)15-19-20-16(23-15)24-7-12(21)10-4-5-13(22-3)11(17)6-10/h4-6H,7H2,1-3H3. The quantitative estimate of drug-likeness (QED) is 0.474. The highest BCUT2D eigenvalue weighted by Crippen LogP contribution is 2.30. The van der Waals surface area contributed by atoms with Crippen molar-refractivity contribution >= 4 is 28.9 Å². The zero-order valence-corrected chi connectivity index (χ0v) is 15.3. The van der Waals surface area contributed by atoms with E-state index in [1.807, 2.05) is 13.8 Å². The van der Waals surface area contributed by atoms with Gasteiger partial charge in [0.15, 0.2) is 17.3 Å². The third kappa shape index (κ3) is 3.88. The highest BCUT2D eigenvalue weighted by molar-refractivity contribution is 7.99. The summed E-state index contributed by atoms with van der Waals surface area (Å²) in [7, 11) is 1.37. The molecule has 0 amide bonds. The van der Waals surface area contributed by atoms with Gasteiger partial charge in [0.25, 0.3) is 11.1 Å². The summed E-state index contributed by atoms with van der Waals surface area (Å²) in [5, 5.41) is 9.12. The predicted octanol–water partition coefficient (Wildman–Crippen LogP) is 3.93. The molecular weight excluding hydrogens is 365 g/mol. The third-order valence-corrected chi connectivity index (χ3v) is 5.18. The van der Waals surface area contributed by atoms with Crippen molar-refractivity contribution in [3.63, 3.8) is 0 Å². The van der Waals surface area contributed by atoms with Crippen LogP contribution in [0.5, 0.6) is 5.75 Å². The van der Waals surface area contributed by atoms with Crippen LogP contribution < -0.4 is 4.74 Å². The summed E-state index contributed by atoms with van der Waals surface area (Å²) in [6.45, 7) is 3.78. The van der Waals surface area contributed by atoms with Gasteiger partial charge in [-0.2, -0.15) is 0 Å². The summed E-state index contributed by atoms with van der Waals surface area (Å²) in [6, 6.07) is 4.10. The van der Waals surface area contributed by atoms with Gasteiger partial charge in [-0.25, -0.2) is 9.37 Å². The fraction of sp³-hybridized carbons (Fsp3) is 0.250. The van der Waals surface area contributed by atoms with Gasteiger partial charge in [-0.15, -0.1) is 21.5 Å². The summed E-state index contributed by atoms with van der Waals surface area (Å²) in [5.74, 6) is -0.270. The number of nitrogens with zero attached hydrogens (tertiary/aromatic N) is 3. The minimum Gasteiger partial charge on any atom is -0.494 e. The largest absolute Gasteiger partial charge is 0.494 e. The van der Waals surface area contributed by atoms with Gasteiger partial charge in [-0.3, -0.25) is 4.79 Å². The fourth-order valence-electron chi connectivity index (χ4n) is 2.14. The van der Waals surface area contributed by atoms with Crippen molar-refractivity contribution in [2.24, 2.45) is 0 Å². The van der Waals surface area contributed by atoms with Gasteiger partial charge in [0, 0.05) is 5.56 Å². The second-order valence-corrected chi connectivity index (χ2v) is 7.21. The number of carbonyl (C=O) groups excluding carboxylic acids is 1. The smallest absolute Gasteiger partial charge is 0.277 e. The Kier molecular flexibility index (Phi) is 5.14. The molecule has 2 heterocycles. The van der Waals surface area contributed by atoms with Crippen LogP contribution in [-0.4, -0.2) is 33.8 Å². The number of benzene rings is 1. The van der Waals surface area contributed by atoms with Gasteiger partial charge >= 0.3 is 0 Å². The molecule has 3 rings (SSSR count). The molecule has 6 nitrogen and oxygen atoms in total. The number of Topliss-reactive ketones (excluding diaryl/α,β-unsaturated/α-hetero) is 1. The first-order valence-electron chi connectivity index (χ1n) is 7.25. The van der Waals surface area contributed by atoms with E-state index in [9.17, 15) is 9.18 Å². The van der Waals surface area contributed by atoms with Crippen molar-refractivity contribution in [3.8, 4) is 16.5 Å². The Bertz CT molecular complexity index is 923. The van der Waals surface area contributed by atoms with E-state index >= 15 is 0 Å². The molecule has 0 spiro atoms. The number of aromatic nitrogens is 3. The number of ketones is 1. The average Bonchev–Trinajstić information content (AvgIpc) is 3.18. The summed E-state index contributed by atoms with van der Waals surface area (Å²) < 4.78 is 24.1. The average molecular weight is 379 g/mol. The van der Waals surface area contributed by atoms with Crippen LogP contribution in [0.2, 0.25) is 0 Å². The molecule has 0 saturated carbocycles. The van der Waals surface area contributed by atoms with Crippen LogP contribution in [0.25, 0.3) is 10.8 Å². The van der Waals surface area contributed by atoms with Crippen LogP contribution in [0.15, 0.2) is 27.8 Å². The minimum absolute atomic E-state index is 0.0636. The molecular formula is C16H14FN3O3S2. The van der Waals surface area contributed by atoms with Crippen LogP contribution in [0.4, 0.5) is 4.39 Å². The van der Waals surface area contributed by atoms with Gasteiger partial charge in [0.05, 0.1) is 23.6 Å². The molecule has 0 fully saturated rings. The van der Waals surface area contributed by atoms with Gasteiger partial charge < -0.3 is 9.15 Å². The van der Waals surface area contributed by atoms with E-state index in [-0.39, 0.29) is 28.1 Å². The molecule has 2 aromatic heterocycles. The Labute approximate surface area is 151 Å². The molecule has 0 N–H and O–H groups in total. The summed E-state index contributed by atoms with van der Waals surface area (Å²) in [5.41, 5.74) is 1.09. The first-order valence-corrected chi connectivity index (χ1v) is 9.05. The molecule has 0 unspecified atom stereocenters. The lowest BCUT2D eigenvalue weighted by Crippen LogP contribution is -2.03. The molecule has 0 aliphatic carbocycles. The number of thiazole rings is 1. The first-order chi connectivity index (χ1) is 12.0. The molecule has 0 saturated heterocycles.